The van der Waals surface area contributed by atoms with E-state index in [9.17, 15) is 0 Å². The number of benzene rings is 7. The fourth-order valence-corrected chi connectivity index (χ4v) is 7.92. The molecule has 2 aromatic heterocycles. The minimum absolute atomic E-state index is 1.20. The summed E-state index contributed by atoms with van der Waals surface area (Å²) >= 11 is 0. The molecule has 0 bridgehead atoms. The Morgan fingerprint density at radius 3 is 1.53 bits per heavy atom. The number of nitrogens with zero attached hydrogens (tertiary/aromatic N) is 1. The maximum atomic E-state index is 2.37. The zero-order chi connectivity index (χ0) is 30.9. The Kier molecular flexibility index (Phi) is 5.64. The minimum atomic E-state index is 1.20. The van der Waals surface area contributed by atoms with E-state index < -0.39 is 0 Å². The molecule has 0 N–H and O–H groups in total. The monoisotopic (exact) mass is 595 g/mol. The SMILES string of the molecule is c1ccc(-c2c3c(c(-c4ccccc4)c4ccccc24)-c2ccc(-c4ccc(-c5cc6ccccn6c5)cc4)c4cccc-3c24)cc1. The molecular formula is C46H29N. The molecule has 9 aromatic rings. The molecule has 47 heavy (non-hydrogen) atoms. The van der Waals surface area contributed by atoms with Gasteiger partial charge in [-0.2, -0.15) is 0 Å². The van der Waals surface area contributed by atoms with E-state index in [0.29, 0.717) is 0 Å². The molecule has 10 rings (SSSR count). The standard InChI is InChI=1S/C46H29N/c1-3-12-32(13-4-1)42-38-17-7-8-18-39(38)43(33-14-5-2-6-15-33)46-41-26-25-36(37-19-11-20-40(44(37)41)45(42)46)31-23-21-30(22-24-31)34-28-35-16-9-10-27-47(35)29-34/h1-29H. The van der Waals surface area contributed by atoms with Crippen LogP contribution in [0.2, 0.25) is 0 Å². The lowest BCUT2D eigenvalue weighted by Gasteiger charge is -2.20. The van der Waals surface area contributed by atoms with Crippen molar-refractivity contribution in [1.29, 1.82) is 0 Å². The van der Waals surface area contributed by atoms with Crippen LogP contribution in [0, 0.1) is 0 Å². The van der Waals surface area contributed by atoms with Gasteiger partial charge in [0.1, 0.15) is 0 Å². The van der Waals surface area contributed by atoms with Gasteiger partial charge in [0.2, 0.25) is 0 Å². The van der Waals surface area contributed by atoms with Crippen molar-refractivity contribution >= 4 is 27.1 Å². The van der Waals surface area contributed by atoms with Crippen LogP contribution in [-0.4, -0.2) is 4.40 Å². The average molecular weight is 596 g/mol. The van der Waals surface area contributed by atoms with Gasteiger partial charge in [0, 0.05) is 23.5 Å². The number of hydrogen-bond acceptors (Lipinski definition) is 0. The van der Waals surface area contributed by atoms with Crippen molar-refractivity contribution in [2.75, 3.05) is 0 Å². The zero-order valence-corrected chi connectivity index (χ0v) is 25.7. The molecule has 1 nitrogen and oxygen atoms in total. The van der Waals surface area contributed by atoms with Crippen molar-refractivity contribution in [3.63, 3.8) is 0 Å². The number of fused-ring (bicyclic) bond motifs is 5. The van der Waals surface area contributed by atoms with Crippen LogP contribution in [-0.2, 0) is 0 Å². The van der Waals surface area contributed by atoms with E-state index in [1.165, 1.54) is 93.8 Å². The quantitative estimate of drug-likeness (QED) is 0.191. The van der Waals surface area contributed by atoms with Crippen LogP contribution in [0.25, 0.3) is 93.8 Å². The third kappa shape index (κ3) is 3.90. The lowest BCUT2D eigenvalue weighted by atomic mass is 9.82. The molecule has 1 aliphatic carbocycles. The summed E-state index contributed by atoms with van der Waals surface area (Å²) in [6.45, 7) is 0. The fraction of sp³-hybridized carbons (Fsp3) is 0. The summed E-state index contributed by atoms with van der Waals surface area (Å²) < 4.78 is 2.18. The van der Waals surface area contributed by atoms with E-state index in [0.717, 1.165) is 0 Å². The first-order valence-electron chi connectivity index (χ1n) is 16.3. The molecule has 0 spiro atoms. The third-order valence-electron chi connectivity index (χ3n) is 9.95. The first-order chi connectivity index (χ1) is 23.3. The predicted octanol–water partition coefficient (Wildman–Crippen LogP) is 12.6. The van der Waals surface area contributed by atoms with Crippen molar-refractivity contribution in [1.82, 2.24) is 4.40 Å². The second kappa shape index (κ2) is 10.2. The Labute approximate surface area is 273 Å². The van der Waals surface area contributed by atoms with Gasteiger partial charge >= 0.3 is 0 Å². The highest BCUT2D eigenvalue weighted by Gasteiger charge is 2.31. The molecule has 7 aromatic carbocycles. The van der Waals surface area contributed by atoms with Crippen molar-refractivity contribution in [2.45, 2.75) is 0 Å². The summed E-state index contributed by atoms with van der Waals surface area (Å²) in [4.78, 5) is 0. The van der Waals surface area contributed by atoms with Gasteiger partial charge in [-0.25, -0.2) is 0 Å². The molecule has 1 aliphatic rings. The highest BCUT2D eigenvalue weighted by atomic mass is 14.8. The molecule has 2 heterocycles. The zero-order valence-electron chi connectivity index (χ0n) is 25.7. The summed E-state index contributed by atoms with van der Waals surface area (Å²) in [6, 6.07) is 60.1. The molecular weight excluding hydrogens is 567 g/mol. The number of rotatable bonds is 4. The van der Waals surface area contributed by atoms with E-state index in [1.807, 2.05) is 0 Å². The molecule has 0 saturated carbocycles. The van der Waals surface area contributed by atoms with Crippen LogP contribution < -0.4 is 0 Å². The number of hydrogen-bond donors (Lipinski definition) is 0. The number of aromatic nitrogens is 1. The van der Waals surface area contributed by atoms with Gasteiger partial charge in [-0.3, -0.25) is 0 Å². The van der Waals surface area contributed by atoms with Crippen molar-refractivity contribution < 1.29 is 0 Å². The van der Waals surface area contributed by atoms with Gasteiger partial charge in [0.05, 0.1) is 0 Å². The first-order valence-corrected chi connectivity index (χ1v) is 16.3. The highest BCUT2D eigenvalue weighted by Crippen LogP contribution is 2.58. The van der Waals surface area contributed by atoms with Crippen LogP contribution in [0.5, 0.6) is 0 Å². The van der Waals surface area contributed by atoms with Crippen molar-refractivity contribution in [2.24, 2.45) is 0 Å². The Balaban J connectivity index is 1.23. The normalized spacial score (nSPS) is 11.8. The summed E-state index contributed by atoms with van der Waals surface area (Å²) in [5.74, 6) is 0. The van der Waals surface area contributed by atoms with Gasteiger partial charge < -0.3 is 4.40 Å². The van der Waals surface area contributed by atoms with E-state index >= 15 is 0 Å². The summed E-state index contributed by atoms with van der Waals surface area (Å²) in [5.41, 5.74) is 16.6. The first kappa shape index (κ1) is 26.1. The van der Waals surface area contributed by atoms with Crippen molar-refractivity contribution in [3.05, 3.63) is 176 Å². The Bertz CT molecular complexity index is 2520. The average Bonchev–Trinajstić information content (AvgIpc) is 3.72. The van der Waals surface area contributed by atoms with Crippen molar-refractivity contribution in [3.8, 4) is 66.8 Å². The van der Waals surface area contributed by atoms with E-state index in [-0.39, 0.29) is 0 Å². The third-order valence-corrected chi connectivity index (χ3v) is 9.95. The van der Waals surface area contributed by atoms with Crippen LogP contribution in [0.3, 0.4) is 0 Å². The second-order valence-corrected chi connectivity index (χ2v) is 12.5. The molecule has 1 heteroatoms. The maximum absolute atomic E-state index is 2.37. The lowest BCUT2D eigenvalue weighted by molar-refractivity contribution is 1.20. The molecule has 0 radical (unpaired) electrons. The van der Waals surface area contributed by atoms with Crippen LogP contribution in [0.15, 0.2) is 176 Å². The molecule has 0 unspecified atom stereocenters. The Morgan fingerprint density at radius 1 is 0.319 bits per heavy atom. The van der Waals surface area contributed by atoms with E-state index in [2.05, 4.69) is 181 Å². The van der Waals surface area contributed by atoms with Gasteiger partial charge in [-0.15, -0.1) is 0 Å². The lowest BCUT2D eigenvalue weighted by Crippen LogP contribution is -1.93. The summed E-state index contributed by atoms with van der Waals surface area (Å²) in [5, 5.41) is 5.21. The molecule has 0 atom stereocenters. The van der Waals surface area contributed by atoms with Gasteiger partial charge in [0.15, 0.2) is 0 Å². The summed E-state index contributed by atoms with van der Waals surface area (Å²) in [6.07, 6.45) is 4.31. The topological polar surface area (TPSA) is 4.41 Å². The molecule has 0 amide bonds. The van der Waals surface area contributed by atoms with Gasteiger partial charge in [-0.05, 0) is 101 Å². The highest BCUT2D eigenvalue weighted by molar-refractivity contribution is 6.28. The van der Waals surface area contributed by atoms with Crippen LogP contribution in [0.1, 0.15) is 0 Å². The van der Waals surface area contributed by atoms with Crippen LogP contribution in [0.4, 0.5) is 0 Å². The molecule has 0 saturated heterocycles. The molecule has 0 fully saturated rings. The Morgan fingerprint density at radius 2 is 0.872 bits per heavy atom. The minimum Gasteiger partial charge on any atom is -0.323 e. The maximum Gasteiger partial charge on any atom is 0.0456 e. The van der Waals surface area contributed by atoms with E-state index in [4.69, 9.17) is 0 Å². The largest absolute Gasteiger partial charge is 0.323 e. The second-order valence-electron chi connectivity index (χ2n) is 12.5. The predicted molar refractivity (Wildman–Crippen MR) is 199 cm³/mol. The fourth-order valence-electron chi connectivity index (χ4n) is 7.92. The Hall–Kier alpha value is -6.18. The molecule has 0 aliphatic heterocycles. The smallest absolute Gasteiger partial charge is 0.0456 e. The summed E-state index contributed by atoms with van der Waals surface area (Å²) in [7, 11) is 0. The van der Waals surface area contributed by atoms with Gasteiger partial charge in [0.25, 0.3) is 0 Å². The number of pyridine rings is 1. The van der Waals surface area contributed by atoms with E-state index in [1.54, 1.807) is 0 Å². The molecule has 218 valence electrons. The van der Waals surface area contributed by atoms with Crippen LogP contribution >= 0.6 is 0 Å². The van der Waals surface area contributed by atoms with Gasteiger partial charge in [-0.1, -0.05) is 146 Å².